The highest BCUT2D eigenvalue weighted by Crippen LogP contribution is 2.21. The van der Waals surface area contributed by atoms with Crippen LogP contribution in [0.25, 0.3) is 5.69 Å². The maximum atomic E-state index is 12.3. The molecule has 30 heavy (non-hydrogen) atoms. The summed E-state index contributed by atoms with van der Waals surface area (Å²) in [5.41, 5.74) is 1.87. The molecule has 8 nitrogen and oxygen atoms in total. The highest BCUT2D eigenvalue weighted by Gasteiger charge is 2.25. The van der Waals surface area contributed by atoms with Crippen molar-refractivity contribution in [1.29, 1.82) is 0 Å². The Kier molecular flexibility index (Phi) is 5.56. The van der Waals surface area contributed by atoms with Crippen LogP contribution in [-0.2, 0) is 9.53 Å². The molecular formula is C22H20N4O4. The number of hydrogen-bond donors (Lipinski definition) is 2. The zero-order chi connectivity index (χ0) is 20.9. The zero-order valence-electron chi connectivity index (χ0n) is 16.1. The van der Waals surface area contributed by atoms with Crippen molar-refractivity contribution >= 4 is 23.5 Å². The molecule has 0 atom stereocenters. The van der Waals surface area contributed by atoms with Crippen LogP contribution in [0.4, 0.5) is 5.69 Å². The molecule has 4 rings (SSSR count). The van der Waals surface area contributed by atoms with Crippen LogP contribution < -0.4 is 10.6 Å². The minimum atomic E-state index is -0.614. The molecule has 0 aliphatic heterocycles. The van der Waals surface area contributed by atoms with Gasteiger partial charge >= 0.3 is 5.97 Å². The van der Waals surface area contributed by atoms with Gasteiger partial charge in [-0.15, -0.1) is 0 Å². The fourth-order valence-corrected chi connectivity index (χ4v) is 2.85. The molecule has 1 aliphatic carbocycles. The zero-order valence-corrected chi connectivity index (χ0v) is 16.1. The van der Waals surface area contributed by atoms with Crippen molar-refractivity contribution in [2.24, 2.45) is 0 Å². The number of benzene rings is 2. The van der Waals surface area contributed by atoms with Gasteiger partial charge in [0.25, 0.3) is 11.8 Å². The van der Waals surface area contributed by atoms with E-state index in [0.29, 0.717) is 16.8 Å². The number of carbonyl (C=O) groups is 3. The first-order valence-corrected chi connectivity index (χ1v) is 9.57. The highest BCUT2D eigenvalue weighted by molar-refractivity contribution is 6.04. The van der Waals surface area contributed by atoms with Gasteiger partial charge < -0.3 is 15.4 Å². The predicted molar refractivity (Wildman–Crippen MR) is 109 cm³/mol. The van der Waals surface area contributed by atoms with Crippen molar-refractivity contribution < 1.29 is 19.1 Å². The standard InChI is InChI=1S/C22H20N4O4/c27-20(25-19-5-2-1-4-18(19)21(28)24-16-8-9-16)14-30-22(29)15-6-10-17(11-7-15)26-13-3-12-23-26/h1-7,10-13,16H,8-9,14H2,(H,24,28)(H,25,27). The molecule has 1 aromatic heterocycles. The van der Waals surface area contributed by atoms with Gasteiger partial charge in [-0.25, -0.2) is 9.48 Å². The molecule has 1 fully saturated rings. The molecule has 0 saturated heterocycles. The second-order valence-corrected chi connectivity index (χ2v) is 6.92. The number of aromatic nitrogens is 2. The van der Waals surface area contributed by atoms with E-state index in [1.165, 1.54) is 0 Å². The number of nitrogens with zero attached hydrogens (tertiary/aromatic N) is 2. The Balaban J connectivity index is 1.32. The van der Waals surface area contributed by atoms with Gasteiger partial charge in [-0.05, 0) is 55.3 Å². The van der Waals surface area contributed by atoms with Crippen molar-refractivity contribution in [1.82, 2.24) is 15.1 Å². The van der Waals surface area contributed by atoms with Crippen LogP contribution in [0.5, 0.6) is 0 Å². The second-order valence-electron chi connectivity index (χ2n) is 6.92. The lowest BCUT2D eigenvalue weighted by Crippen LogP contribution is -2.28. The summed E-state index contributed by atoms with van der Waals surface area (Å²) in [7, 11) is 0. The van der Waals surface area contributed by atoms with E-state index in [2.05, 4.69) is 15.7 Å². The Labute approximate surface area is 172 Å². The topological polar surface area (TPSA) is 102 Å². The summed E-state index contributed by atoms with van der Waals surface area (Å²) in [6.45, 7) is -0.460. The third kappa shape index (κ3) is 4.72. The van der Waals surface area contributed by atoms with Gasteiger partial charge in [-0.2, -0.15) is 5.10 Å². The first-order chi connectivity index (χ1) is 14.6. The van der Waals surface area contributed by atoms with Gasteiger partial charge in [-0.1, -0.05) is 12.1 Å². The van der Waals surface area contributed by atoms with E-state index in [4.69, 9.17) is 4.74 Å². The molecule has 8 heteroatoms. The maximum Gasteiger partial charge on any atom is 0.338 e. The number of para-hydroxylation sites is 1. The predicted octanol–water partition coefficient (Wildman–Crippen LogP) is 2.56. The number of anilines is 1. The fourth-order valence-electron chi connectivity index (χ4n) is 2.85. The first kappa shape index (κ1) is 19.4. The number of amides is 2. The van der Waals surface area contributed by atoms with Gasteiger partial charge in [0.05, 0.1) is 22.5 Å². The van der Waals surface area contributed by atoms with Crippen LogP contribution in [0.2, 0.25) is 0 Å². The lowest BCUT2D eigenvalue weighted by molar-refractivity contribution is -0.119. The van der Waals surface area contributed by atoms with E-state index in [1.54, 1.807) is 71.7 Å². The molecule has 3 aromatic rings. The maximum absolute atomic E-state index is 12.3. The van der Waals surface area contributed by atoms with E-state index < -0.39 is 18.5 Å². The summed E-state index contributed by atoms with van der Waals surface area (Å²) < 4.78 is 6.76. The lowest BCUT2D eigenvalue weighted by atomic mass is 10.1. The van der Waals surface area contributed by atoms with Gasteiger partial charge in [0.1, 0.15) is 0 Å². The number of esters is 1. The fraction of sp³-hybridized carbons (Fsp3) is 0.182. The molecule has 0 spiro atoms. The van der Waals surface area contributed by atoms with Crippen molar-refractivity contribution in [3.8, 4) is 5.69 Å². The van der Waals surface area contributed by atoms with Gasteiger partial charge in [0, 0.05) is 18.4 Å². The summed E-state index contributed by atoms with van der Waals surface area (Å²) in [5.74, 6) is -1.37. The highest BCUT2D eigenvalue weighted by atomic mass is 16.5. The number of carbonyl (C=O) groups excluding carboxylic acids is 3. The van der Waals surface area contributed by atoms with E-state index >= 15 is 0 Å². The Morgan fingerprint density at radius 3 is 2.50 bits per heavy atom. The van der Waals surface area contributed by atoms with Crippen LogP contribution in [0, 0.1) is 0 Å². The second kappa shape index (κ2) is 8.60. The summed E-state index contributed by atoms with van der Waals surface area (Å²) in [5, 5.41) is 9.64. The molecule has 2 N–H and O–H groups in total. The Hall–Kier alpha value is -3.94. The minimum Gasteiger partial charge on any atom is -0.452 e. The average molecular weight is 404 g/mol. The largest absolute Gasteiger partial charge is 0.452 e. The smallest absolute Gasteiger partial charge is 0.338 e. The van der Waals surface area contributed by atoms with Crippen LogP contribution in [0.1, 0.15) is 33.6 Å². The van der Waals surface area contributed by atoms with Crippen LogP contribution in [0.15, 0.2) is 67.0 Å². The van der Waals surface area contributed by atoms with Crippen LogP contribution in [0.3, 0.4) is 0 Å². The summed E-state index contributed by atoms with van der Waals surface area (Å²) in [6, 6.07) is 15.4. The molecule has 152 valence electrons. The third-order valence-corrected chi connectivity index (χ3v) is 4.56. The third-order valence-electron chi connectivity index (χ3n) is 4.56. The summed E-state index contributed by atoms with van der Waals surface area (Å²) in [6.07, 6.45) is 5.40. The van der Waals surface area contributed by atoms with Crippen molar-refractivity contribution in [3.63, 3.8) is 0 Å². The monoisotopic (exact) mass is 404 g/mol. The summed E-state index contributed by atoms with van der Waals surface area (Å²) >= 11 is 0. The Morgan fingerprint density at radius 2 is 1.80 bits per heavy atom. The number of hydrogen-bond acceptors (Lipinski definition) is 5. The van der Waals surface area contributed by atoms with Crippen molar-refractivity contribution in [3.05, 3.63) is 78.1 Å². The summed E-state index contributed by atoms with van der Waals surface area (Å²) in [4.78, 5) is 36.8. The molecule has 2 aromatic carbocycles. The molecule has 1 aliphatic rings. The average Bonchev–Trinajstić information content (AvgIpc) is 3.40. The number of ether oxygens (including phenoxy) is 1. The lowest BCUT2D eigenvalue weighted by Gasteiger charge is -2.11. The van der Waals surface area contributed by atoms with Crippen molar-refractivity contribution in [2.75, 3.05) is 11.9 Å². The van der Waals surface area contributed by atoms with E-state index in [9.17, 15) is 14.4 Å². The molecule has 1 heterocycles. The molecule has 0 radical (unpaired) electrons. The van der Waals surface area contributed by atoms with E-state index in [1.807, 2.05) is 0 Å². The van der Waals surface area contributed by atoms with Gasteiger partial charge in [-0.3, -0.25) is 9.59 Å². The van der Waals surface area contributed by atoms with Crippen LogP contribution >= 0.6 is 0 Å². The number of nitrogens with one attached hydrogen (secondary N) is 2. The quantitative estimate of drug-likeness (QED) is 0.589. The van der Waals surface area contributed by atoms with Crippen LogP contribution in [-0.4, -0.2) is 40.2 Å². The Morgan fingerprint density at radius 1 is 1.03 bits per heavy atom. The van der Waals surface area contributed by atoms with Gasteiger partial charge in [0.2, 0.25) is 0 Å². The van der Waals surface area contributed by atoms with Gasteiger partial charge in [0.15, 0.2) is 6.61 Å². The normalized spacial score (nSPS) is 12.8. The molecule has 2 amide bonds. The molecule has 0 unspecified atom stereocenters. The SMILES string of the molecule is O=C(COC(=O)c1ccc(-n2cccn2)cc1)Nc1ccccc1C(=O)NC1CC1. The molecule has 1 saturated carbocycles. The van der Waals surface area contributed by atoms with E-state index in [0.717, 1.165) is 18.5 Å². The molecule has 0 bridgehead atoms. The number of rotatable bonds is 7. The van der Waals surface area contributed by atoms with Crippen molar-refractivity contribution in [2.45, 2.75) is 18.9 Å². The first-order valence-electron chi connectivity index (χ1n) is 9.57. The molecular weight excluding hydrogens is 384 g/mol. The minimum absolute atomic E-state index is 0.210. The Bertz CT molecular complexity index is 1060. The van der Waals surface area contributed by atoms with E-state index in [-0.39, 0.29) is 11.9 Å².